The molecule has 0 unspecified atom stereocenters. The highest BCUT2D eigenvalue weighted by molar-refractivity contribution is 6.67. The van der Waals surface area contributed by atoms with Crippen LogP contribution >= 0.6 is 34.8 Å². The molecule has 0 aromatic carbocycles. The number of hydrogen-bond donors (Lipinski definition) is 0. The predicted octanol–water partition coefficient (Wildman–Crippen LogP) is 4.97. The van der Waals surface area contributed by atoms with Crippen LogP contribution in [0.4, 0.5) is 0 Å². The zero-order valence-electron chi connectivity index (χ0n) is 12.0. The largest absolute Gasteiger partial charge is 0.500 e. The summed E-state index contributed by atoms with van der Waals surface area (Å²) in [5.74, 6) is 0. The highest BCUT2D eigenvalue weighted by Crippen LogP contribution is 2.32. The van der Waals surface area contributed by atoms with E-state index in [-0.39, 0.29) is 0 Å². The molecule has 0 spiro atoms. The molecule has 0 bridgehead atoms. The second-order valence-corrected chi connectivity index (χ2v) is 9.41. The summed E-state index contributed by atoms with van der Waals surface area (Å²) < 4.78 is 16.2. The molecule has 0 saturated carbocycles. The van der Waals surface area contributed by atoms with E-state index in [9.17, 15) is 0 Å². The Kier molecular flexibility index (Phi) is 11.2. The molecule has 0 heterocycles. The Labute approximate surface area is 133 Å². The van der Waals surface area contributed by atoms with E-state index < -0.39 is 12.6 Å². The number of rotatable bonds is 11. The average molecular weight is 352 g/mol. The second-order valence-electron chi connectivity index (χ2n) is 4.16. The van der Waals surface area contributed by atoms with Gasteiger partial charge in [0.2, 0.25) is 0 Å². The van der Waals surface area contributed by atoms with Crippen LogP contribution in [-0.2, 0) is 13.3 Å². The summed E-state index contributed by atoms with van der Waals surface area (Å²) in [6.07, 6.45) is 3.40. The third-order valence-electron chi connectivity index (χ3n) is 2.54. The Morgan fingerprint density at radius 2 is 1.26 bits per heavy atom. The lowest BCUT2D eigenvalue weighted by Gasteiger charge is -2.28. The minimum absolute atomic E-state index is 0.574. The van der Waals surface area contributed by atoms with Gasteiger partial charge >= 0.3 is 8.80 Å². The molecule has 0 fully saturated rings. The van der Waals surface area contributed by atoms with Gasteiger partial charge in [-0.3, -0.25) is 0 Å². The van der Waals surface area contributed by atoms with E-state index in [1.165, 1.54) is 0 Å². The van der Waals surface area contributed by atoms with Crippen molar-refractivity contribution in [1.82, 2.24) is 0 Å². The Bertz CT molecular complexity index is 208. The van der Waals surface area contributed by atoms with Crippen LogP contribution in [0.25, 0.3) is 0 Å². The smallest absolute Gasteiger partial charge is 0.374 e. The number of alkyl halides is 3. The standard InChI is InChI=1S/C12H25Cl3O3Si/c1-4-16-19(17-5-2,18-6-3)11-9-7-8-10-12(13,14)15/h4-11H2,1-3H3. The Hall–Kier alpha value is 0.967. The minimum atomic E-state index is -2.49. The molecular weight excluding hydrogens is 327 g/mol. The summed E-state index contributed by atoms with van der Waals surface area (Å²) in [4.78, 5) is 0. The Morgan fingerprint density at radius 1 is 0.789 bits per heavy atom. The SMILES string of the molecule is CCO[Si](CCCCCC(Cl)(Cl)Cl)(OCC)OCC. The van der Waals surface area contributed by atoms with Gasteiger partial charge in [0.05, 0.1) is 0 Å². The Balaban J connectivity index is 4.10. The van der Waals surface area contributed by atoms with E-state index in [1.54, 1.807) is 0 Å². The van der Waals surface area contributed by atoms with E-state index in [0.29, 0.717) is 26.2 Å². The highest BCUT2D eigenvalue weighted by Gasteiger charge is 2.39. The maximum absolute atomic E-state index is 5.77. The van der Waals surface area contributed by atoms with Crippen LogP contribution in [-0.4, -0.2) is 32.4 Å². The molecule has 0 aliphatic rings. The first-order valence-corrected chi connectivity index (χ1v) is 9.94. The molecule has 0 radical (unpaired) electrons. The number of hydrogen-bond acceptors (Lipinski definition) is 3. The van der Waals surface area contributed by atoms with Crippen LogP contribution in [0.15, 0.2) is 0 Å². The summed E-state index contributed by atoms with van der Waals surface area (Å²) in [6, 6.07) is 0.822. The topological polar surface area (TPSA) is 27.7 Å². The van der Waals surface area contributed by atoms with Crippen molar-refractivity contribution in [3.63, 3.8) is 0 Å². The van der Waals surface area contributed by atoms with Crippen LogP contribution in [0.3, 0.4) is 0 Å². The molecule has 0 amide bonds. The zero-order chi connectivity index (χ0) is 14.8. The molecule has 0 atom stereocenters. The van der Waals surface area contributed by atoms with Crippen LogP contribution in [0, 0.1) is 0 Å². The van der Waals surface area contributed by atoms with Crippen molar-refractivity contribution in [1.29, 1.82) is 0 Å². The van der Waals surface area contributed by atoms with Gasteiger partial charge in [0.1, 0.15) is 0 Å². The van der Waals surface area contributed by atoms with E-state index in [4.69, 9.17) is 48.1 Å². The maximum atomic E-state index is 5.77. The molecule has 0 N–H and O–H groups in total. The fourth-order valence-corrected chi connectivity index (χ4v) is 4.93. The molecular formula is C12H25Cl3O3Si. The fourth-order valence-electron chi connectivity index (χ4n) is 1.84. The summed E-state index contributed by atoms with van der Waals surface area (Å²) in [5, 5.41) is 0. The van der Waals surface area contributed by atoms with Crippen molar-refractivity contribution >= 4 is 43.6 Å². The average Bonchev–Trinajstić information content (AvgIpc) is 2.28. The van der Waals surface area contributed by atoms with Crippen molar-refractivity contribution in [3.05, 3.63) is 0 Å². The van der Waals surface area contributed by atoms with Crippen molar-refractivity contribution in [2.45, 2.75) is 56.3 Å². The number of unbranched alkanes of at least 4 members (excludes halogenated alkanes) is 2. The zero-order valence-corrected chi connectivity index (χ0v) is 15.3. The van der Waals surface area contributed by atoms with E-state index >= 15 is 0 Å². The van der Waals surface area contributed by atoms with Gasteiger partial charge in [-0.25, -0.2) is 0 Å². The van der Waals surface area contributed by atoms with Crippen LogP contribution in [0.5, 0.6) is 0 Å². The maximum Gasteiger partial charge on any atom is 0.500 e. The molecule has 0 aromatic rings. The molecule has 7 heteroatoms. The first-order valence-electron chi connectivity index (χ1n) is 6.87. The predicted molar refractivity (Wildman–Crippen MR) is 84.2 cm³/mol. The van der Waals surface area contributed by atoms with E-state index in [1.807, 2.05) is 20.8 Å². The van der Waals surface area contributed by atoms with Crippen molar-refractivity contribution in [2.75, 3.05) is 19.8 Å². The summed E-state index contributed by atoms with van der Waals surface area (Å²) in [6.45, 7) is 7.72. The molecule has 0 aliphatic carbocycles. The molecule has 19 heavy (non-hydrogen) atoms. The fraction of sp³-hybridized carbons (Fsp3) is 1.00. The van der Waals surface area contributed by atoms with Gasteiger partial charge in [0.25, 0.3) is 0 Å². The molecule has 0 aromatic heterocycles. The molecule has 0 rings (SSSR count). The molecule has 0 aliphatic heterocycles. The molecule has 3 nitrogen and oxygen atoms in total. The highest BCUT2D eigenvalue weighted by atomic mass is 35.6. The second kappa shape index (κ2) is 10.7. The van der Waals surface area contributed by atoms with E-state index in [0.717, 1.165) is 25.3 Å². The van der Waals surface area contributed by atoms with Gasteiger partial charge in [-0.05, 0) is 40.0 Å². The van der Waals surface area contributed by atoms with Crippen LogP contribution in [0.1, 0.15) is 46.5 Å². The van der Waals surface area contributed by atoms with Crippen LogP contribution < -0.4 is 0 Å². The van der Waals surface area contributed by atoms with Gasteiger partial charge in [-0.15, -0.1) is 0 Å². The molecule has 116 valence electrons. The monoisotopic (exact) mass is 350 g/mol. The van der Waals surface area contributed by atoms with Gasteiger partial charge in [0, 0.05) is 25.9 Å². The summed E-state index contributed by atoms with van der Waals surface area (Å²) >= 11 is 17.1. The lowest BCUT2D eigenvalue weighted by Crippen LogP contribution is -2.45. The van der Waals surface area contributed by atoms with Crippen molar-refractivity contribution < 1.29 is 13.3 Å². The third kappa shape index (κ3) is 10.4. The van der Waals surface area contributed by atoms with Gasteiger partial charge in [0.15, 0.2) is 3.79 Å². The lowest BCUT2D eigenvalue weighted by atomic mass is 10.2. The lowest BCUT2D eigenvalue weighted by molar-refractivity contribution is 0.0706. The normalized spacial score (nSPS) is 12.9. The summed E-state index contributed by atoms with van der Waals surface area (Å²) in [7, 11) is -2.49. The van der Waals surface area contributed by atoms with Crippen LogP contribution in [0.2, 0.25) is 6.04 Å². The summed E-state index contributed by atoms with van der Waals surface area (Å²) in [5.41, 5.74) is 0. The third-order valence-corrected chi connectivity index (χ3v) is 6.25. The minimum Gasteiger partial charge on any atom is -0.374 e. The molecule has 0 saturated heterocycles. The van der Waals surface area contributed by atoms with Gasteiger partial charge < -0.3 is 13.3 Å². The first-order chi connectivity index (χ1) is 8.89. The van der Waals surface area contributed by atoms with Gasteiger partial charge in [-0.1, -0.05) is 41.2 Å². The first kappa shape index (κ1) is 20.0. The van der Waals surface area contributed by atoms with E-state index in [2.05, 4.69) is 0 Å². The van der Waals surface area contributed by atoms with Gasteiger partial charge in [-0.2, -0.15) is 0 Å². The number of halogens is 3. The Morgan fingerprint density at radius 3 is 1.63 bits per heavy atom. The van der Waals surface area contributed by atoms with Crippen molar-refractivity contribution in [2.24, 2.45) is 0 Å². The quantitative estimate of drug-likeness (QED) is 0.299. The van der Waals surface area contributed by atoms with Crippen molar-refractivity contribution in [3.8, 4) is 0 Å².